The Labute approximate surface area is 339 Å². The van der Waals surface area contributed by atoms with Crippen molar-refractivity contribution >= 4 is 129 Å². The molecule has 2 aromatic heterocycles. The molecule has 25 heteroatoms. The number of anilines is 2. The third kappa shape index (κ3) is 9.23. The highest BCUT2D eigenvalue weighted by atomic mass is 19.1. The minimum Gasteiger partial charge on any atom is -0.510 e. The van der Waals surface area contributed by atoms with Crippen molar-refractivity contribution in [1.82, 2.24) is 30.0 Å². The van der Waals surface area contributed by atoms with Gasteiger partial charge in [0.05, 0.1) is 81.8 Å². The Kier molecular flexibility index (Phi) is 12.1. The van der Waals surface area contributed by atoms with Crippen LogP contribution in [0.25, 0.3) is 10.9 Å². The summed E-state index contributed by atoms with van der Waals surface area (Å²) in [4.78, 5) is 36.5. The van der Waals surface area contributed by atoms with Crippen LogP contribution in [0.15, 0.2) is 61.6 Å². The van der Waals surface area contributed by atoms with Crippen molar-refractivity contribution in [1.29, 1.82) is 0 Å². The van der Waals surface area contributed by atoms with Crippen molar-refractivity contribution < 1.29 is 28.2 Å². The normalized spacial score (nSPS) is 14.5. The molecule has 2 aromatic carbocycles. The van der Waals surface area contributed by atoms with Gasteiger partial charge in [-0.2, -0.15) is 4.68 Å². The van der Waals surface area contributed by atoms with Crippen LogP contribution in [0.4, 0.5) is 20.7 Å². The number of carbonyl (C=O) groups excluding carboxylic acids is 2. The molecule has 1 saturated heterocycles. The number of halogens is 1. The van der Waals surface area contributed by atoms with E-state index in [-0.39, 0.29) is 44.7 Å². The Morgan fingerprint density at radius 1 is 0.875 bits per heavy atom. The summed E-state index contributed by atoms with van der Waals surface area (Å²) in [7, 11) is 25.0. The van der Waals surface area contributed by atoms with Gasteiger partial charge in [-0.1, -0.05) is 21.9 Å². The Morgan fingerprint density at radius 2 is 1.52 bits per heavy atom. The molecule has 0 aliphatic carbocycles. The van der Waals surface area contributed by atoms with Gasteiger partial charge in [0.15, 0.2) is 11.5 Å². The number of hydrogen-bond donors (Lipinski definition) is 2. The van der Waals surface area contributed by atoms with E-state index in [9.17, 15) is 9.59 Å². The lowest BCUT2D eigenvalue weighted by molar-refractivity contribution is -0.127. The van der Waals surface area contributed by atoms with Gasteiger partial charge >= 0.3 is 6.03 Å². The predicted octanol–water partition coefficient (Wildman–Crippen LogP) is -6.84. The number of amides is 2. The van der Waals surface area contributed by atoms with Gasteiger partial charge in [0, 0.05) is 61.0 Å². The standard InChI is InChI=1S/C31H46B12FN7O5/c1-2-24(52)50-8-5-15(6-9-50)54-21-12-17-20(13-22(21)56-31(41,42)43)45-14-46-25(17)47-19-4-3-16(11-18(19)44)55-23-7-10-51(49-23)26(53)48-27(28(32,33)34,29(35,36)37)30(38,39)40/h2-4,7,10-15H,1,5-6,8-9,32-43H2,(H,48,53)(H,45,46,47). The van der Waals surface area contributed by atoms with Crippen LogP contribution in [-0.2, 0) is 4.79 Å². The number of rotatable bonds is 13. The molecule has 56 heavy (non-hydrogen) atoms. The summed E-state index contributed by atoms with van der Waals surface area (Å²) in [5.41, 5.74) is 0.105. The highest BCUT2D eigenvalue weighted by Gasteiger charge is 2.56. The molecule has 1 fully saturated rings. The number of carbonyl (C=O) groups is 2. The molecule has 0 spiro atoms. The summed E-state index contributed by atoms with van der Waals surface area (Å²) in [5, 5.41) is 9.98. The number of nitrogens with zero attached hydrogens (tertiary/aromatic N) is 5. The lowest BCUT2D eigenvalue weighted by Gasteiger charge is -2.63. The molecule has 5 rings (SSSR count). The van der Waals surface area contributed by atoms with Gasteiger partial charge in [0.1, 0.15) is 53.4 Å². The minimum atomic E-state index is -0.624. The Hall–Kier alpha value is -4.42. The van der Waals surface area contributed by atoms with Gasteiger partial charge < -0.3 is 29.7 Å². The molecule has 0 unspecified atom stereocenters. The smallest absolute Gasteiger partial charge is 0.342 e. The molecule has 1 aliphatic heterocycles. The third-order valence-electron chi connectivity index (χ3n) is 10.2. The number of benzene rings is 2. The van der Waals surface area contributed by atoms with Crippen LogP contribution >= 0.6 is 0 Å². The van der Waals surface area contributed by atoms with Crippen molar-refractivity contribution in [2.75, 3.05) is 18.4 Å². The molecule has 2 N–H and O–H groups in total. The summed E-state index contributed by atoms with van der Waals surface area (Å²) in [5.74, 6) is 1.01. The number of aromatic nitrogens is 4. The molecule has 2 amide bonds. The number of likely N-dealkylation sites (tertiary alicyclic amines) is 1. The minimum absolute atomic E-state index is 0.0963. The number of fused-ring (bicyclic) bond motifs is 1. The highest BCUT2D eigenvalue weighted by molar-refractivity contribution is 6.71. The maximum Gasteiger partial charge on any atom is 0.342 e. The lowest BCUT2D eigenvalue weighted by Crippen LogP contribution is -2.72. The molecular weight excluding hydrogens is 699 g/mol. The fourth-order valence-electron chi connectivity index (χ4n) is 8.71. The van der Waals surface area contributed by atoms with E-state index in [1.54, 1.807) is 35.2 Å². The number of hydrogen-bond acceptors (Lipinski definition) is 9. The van der Waals surface area contributed by atoms with Crippen LogP contribution in [0.2, 0.25) is 15.3 Å². The lowest BCUT2D eigenvalue weighted by atomic mass is 9.12. The van der Waals surface area contributed by atoms with Crippen molar-refractivity contribution in [3.63, 3.8) is 0 Å². The molecule has 0 saturated carbocycles. The van der Waals surface area contributed by atoms with Gasteiger partial charge in [-0.3, -0.25) is 4.79 Å². The first-order valence-electron chi connectivity index (χ1n) is 19.1. The van der Waals surface area contributed by atoms with Gasteiger partial charge in [-0.05, 0) is 29.8 Å². The zero-order valence-electron chi connectivity index (χ0n) is 35.0. The Morgan fingerprint density at radius 3 is 2.09 bits per heavy atom. The van der Waals surface area contributed by atoms with Crippen molar-refractivity contribution in [2.24, 2.45) is 0 Å². The zero-order valence-corrected chi connectivity index (χ0v) is 35.0. The number of piperidine rings is 1. The third-order valence-corrected chi connectivity index (χ3v) is 10.2. The van der Waals surface area contributed by atoms with Crippen LogP contribution in [0.5, 0.6) is 23.1 Å². The van der Waals surface area contributed by atoms with Gasteiger partial charge in [0.25, 0.3) is 0 Å². The number of nitrogens with one attached hydrogen (secondary N) is 2. The molecule has 0 radical (unpaired) electrons. The molecule has 278 valence electrons. The average Bonchev–Trinajstić information content (AvgIpc) is 3.55. The van der Waals surface area contributed by atoms with Crippen LogP contribution in [0.3, 0.4) is 0 Å². The van der Waals surface area contributed by atoms with Crippen LogP contribution in [0.1, 0.15) is 12.8 Å². The van der Waals surface area contributed by atoms with Gasteiger partial charge in [-0.25, -0.2) is 19.2 Å². The van der Waals surface area contributed by atoms with E-state index in [2.05, 4.69) is 103 Å². The second-order valence-electron chi connectivity index (χ2n) is 18.5. The van der Waals surface area contributed by atoms with E-state index in [4.69, 9.17) is 14.2 Å². The summed E-state index contributed by atoms with van der Waals surface area (Å²) < 4.78 is 35.6. The largest absolute Gasteiger partial charge is 0.510 e. The summed E-state index contributed by atoms with van der Waals surface area (Å²) >= 11 is 0. The van der Waals surface area contributed by atoms with E-state index in [1.165, 1.54) is 29.3 Å². The molecule has 3 heterocycles. The first-order chi connectivity index (χ1) is 25.9. The van der Waals surface area contributed by atoms with Crippen LogP contribution < -0.4 is 24.8 Å². The highest BCUT2D eigenvalue weighted by Crippen LogP contribution is 2.53. The zero-order chi connectivity index (χ0) is 41.4. The molecule has 0 bridgehead atoms. The van der Waals surface area contributed by atoms with E-state index in [1.807, 2.05) is 23.5 Å². The van der Waals surface area contributed by atoms with Crippen molar-refractivity contribution in [2.45, 2.75) is 45.1 Å². The molecular formula is C31H46B12FN7O5. The topological polar surface area (TPSA) is 133 Å². The fourth-order valence-corrected chi connectivity index (χ4v) is 8.71. The predicted molar refractivity (Wildman–Crippen MR) is 253 cm³/mol. The van der Waals surface area contributed by atoms with E-state index in [0.717, 1.165) is 0 Å². The van der Waals surface area contributed by atoms with Crippen LogP contribution in [0, 0.1) is 5.82 Å². The summed E-state index contributed by atoms with van der Waals surface area (Å²) in [6, 6.07) is 9.15. The maximum absolute atomic E-state index is 15.7. The first kappa shape index (κ1) is 42.7. The molecule has 4 aromatic rings. The van der Waals surface area contributed by atoms with E-state index in [0.29, 0.717) is 54.2 Å². The summed E-state index contributed by atoms with van der Waals surface area (Å²) in [6.07, 6.45) is 5.38. The second-order valence-corrected chi connectivity index (χ2v) is 18.5. The van der Waals surface area contributed by atoms with Gasteiger partial charge in [0.2, 0.25) is 11.8 Å². The van der Waals surface area contributed by atoms with E-state index < -0.39 is 22.7 Å². The molecule has 0 atom stereocenters. The van der Waals surface area contributed by atoms with Crippen molar-refractivity contribution in [3.8, 4) is 23.1 Å². The molecule has 1 aliphatic rings. The number of ether oxygens (including phenoxy) is 3. The molecule has 12 nitrogen and oxygen atoms in total. The van der Waals surface area contributed by atoms with Crippen LogP contribution in [-0.4, -0.2) is 161 Å². The average molecular weight is 745 g/mol. The maximum atomic E-state index is 15.7. The SMILES string of the molecule is BC(B)(B)Oc1cc2ncnc(Nc3ccc(Oc4ccn(C(=O)NC(C(B)(B)B)(C(B)(B)B)C(B)(B)B)n4)cc3F)c2cc1OC1CCN(C(=O)C=C)CC1. The van der Waals surface area contributed by atoms with Gasteiger partial charge in [-0.15, -0.1) is 5.10 Å². The quantitative estimate of drug-likeness (QED) is 0.101. The Bertz CT molecular complexity index is 2080. The van der Waals surface area contributed by atoms with E-state index >= 15 is 4.39 Å². The fraction of sp³-hybridized carbons (Fsp3) is 0.323. The monoisotopic (exact) mass is 747 g/mol. The summed E-state index contributed by atoms with van der Waals surface area (Å²) in [6.45, 7) is 4.70. The second kappa shape index (κ2) is 15.8. The Balaban J connectivity index is 1.35. The first-order valence-corrected chi connectivity index (χ1v) is 19.1. The van der Waals surface area contributed by atoms with Crippen molar-refractivity contribution in [3.05, 3.63) is 67.4 Å².